The van der Waals surface area contributed by atoms with Gasteiger partial charge in [-0.25, -0.2) is 4.57 Å². The van der Waals surface area contributed by atoms with Crippen LogP contribution in [0.25, 0.3) is 0 Å². The highest BCUT2D eigenvalue weighted by atomic mass is 15.1. The topological polar surface area (TPSA) is 7.12 Å². The fourth-order valence-corrected chi connectivity index (χ4v) is 2.55. The van der Waals surface area contributed by atoms with Crippen molar-refractivity contribution in [2.75, 3.05) is 13.6 Å². The van der Waals surface area contributed by atoms with Crippen molar-refractivity contribution in [3.05, 3.63) is 42.2 Å². The lowest BCUT2D eigenvalue weighted by molar-refractivity contribution is -0.687. The van der Waals surface area contributed by atoms with E-state index in [-0.39, 0.29) is 0 Å². The van der Waals surface area contributed by atoms with Crippen molar-refractivity contribution in [1.82, 2.24) is 4.90 Å². The largest absolute Gasteiger partial charge is 0.299 e. The van der Waals surface area contributed by atoms with Crippen molar-refractivity contribution in [2.24, 2.45) is 0 Å². The summed E-state index contributed by atoms with van der Waals surface area (Å²) in [5, 5.41) is 0. The van der Waals surface area contributed by atoms with Crippen LogP contribution in [0.5, 0.6) is 0 Å². The van der Waals surface area contributed by atoms with E-state index in [1.807, 2.05) is 0 Å². The highest BCUT2D eigenvalue weighted by molar-refractivity contribution is 5.12. The number of allylic oxidation sites excluding steroid dienone is 2. The first kappa shape index (κ1) is 12.3. The summed E-state index contributed by atoms with van der Waals surface area (Å²) in [6, 6.07) is 5.05. The lowest BCUT2D eigenvalue weighted by atomic mass is 10.1. The number of hydrogen-bond donors (Lipinski definition) is 0. The third-order valence-electron chi connectivity index (χ3n) is 3.50. The number of aromatic nitrogens is 1. The van der Waals surface area contributed by atoms with Crippen LogP contribution in [0.4, 0.5) is 0 Å². The lowest BCUT2D eigenvalue weighted by Gasteiger charge is -2.18. The van der Waals surface area contributed by atoms with E-state index in [0.29, 0.717) is 6.04 Å². The van der Waals surface area contributed by atoms with E-state index in [1.54, 1.807) is 0 Å². The Labute approximate surface area is 105 Å². The molecule has 0 aromatic carbocycles. The zero-order valence-electron chi connectivity index (χ0n) is 11.0. The second kappa shape index (κ2) is 5.97. The molecule has 1 fully saturated rings. The van der Waals surface area contributed by atoms with E-state index in [2.05, 4.69) is 60.1 Å². The van der Waals surface area contributed by atoms with Crippen LogP contribution in [0.3, 0.4) is 0 Å². The van der Waals surface area contributed by atoms with Gasteiger partial charge in [-0.05, 0) is 45.0 Å². The summed E-state index contributed by atoms with van der Waals surface area (Å²) in [6.45, 7) is 4.39. The van der Waals surface area contributed by atoms with E-state index in [4.69, 9.17) is 0 Å². The number of hydrogen-bond acceptors (Lipinski definition) is 1. The van der Waals surface area contributed by atoms with Gasteiger partial charge in [0.05, 0.1) is 0 Å². The van der Waals surface area contributed by atoms with Gasteiger partial charge in [0.15, 0.2) is 18.9 Å². The molecule has 1 aliphatic heterocycles. The average Bonchev–Trinajstić information content (AvgIpc) is 2.76. The fourth-order valence-electron chi connectivity index (χ4n) is 2.55. The van der Waals surface area contributed by atoms with Crippen LogP contribution in [0.2, 0.25) is 0 Å². The minimum atomic E-state index is 0.623. The number of likely N-dealkylation sites (tertiary alicyclic amines) is 1. The van der Waals surface area contributed by atoms with Crippen LogP contribution >= 0.6 is 0 Å². The Morgan fingerprint density at radius 1 is 1.47 bits per heavy atom. The van der Waals surface area contributed by atoms with E-state index < -0.39 is 0 Å². The molecule has 1 aromatic rings. The lowest BCUT2D eigenvalue weighted by Crippen LogP contribution is -2.33. The highest BCUT2D eigenvalue weighted by Gasteiger charge is 2.24. The maximum atomic E-state index is 2.46. The van der Waals surface area contributed by atoms with E-state index >= 15 is 0 Å². The van der Waals surface area contributed by atoms with Crippen LogP contribution in [0.1, 0.15) is 37.8 Å². The SMILES string of the molecule is CC/C=C\C[n+]1cccc(C2CCCN2C)c1. The van der Waals surface area contributed by atoms with Crippen LogP contribution in [-0.2, 0) is 6.54 Å². The molecule has 0 N–H and O–H groups in total. The van der Waals surface area contributed by atoms with Crippen LogP contribution in [0.15, 0.2) is 36.7 Å². The second-order valence-corrected chi connectivity index (χ2v) is 4.85. The fraction of sp³-hybridized carbons (Fsp3) is 0.533. The summed E-state index contributed by atoms with van der Waals surface area (Å²) >= 11 is 0. The molecule has 1 atom stereocenters. The Balaban J connectivity index is 2.08. The molecular formula is C15H23N2+. The van der Waals surface area contributed by atoms with Gasteiger partial charge >= 0.3 is 0 Å². The maximum Gasteiger partial charge on any atom is 0.173 e. The van der Waals surface area contributed by atoms with Gasteiger partial charge < -0.3 is 0 Å². The van der Waals surface area contributed by atoms with Gasteiger partial charge in [0.1, 0.15) is 0 Å². The molecule has 0 spiro atoms. The molecule has 0 amide bonds. The van der Waals surface area contributed by atoms with Gasteiger partial charge in [0.2, 0.25) is 0 Å². The first-order chi connectivity index (χ1) is 8.31. The Hall–Kier alpha value is -1.15. The van der Waals surface area contributed by atoms with E-state index in [0.717, 1.165) is 13.0 Å². The summed E-state index contributed by atoms with van der Waals surface area (Å²) in [6.07, 6.45) is 12.6. The first-order valence-corrected chi connectivity index (χ1v) is 6.65. The standard InChI is InChI=1S/C15H23N2/c1-3-4-5-11-17-12-6-8-14(13-17)15-9-7-10-16(15)2/h4-6,8,12-13,15H,3,7,9-11H2,1-2H3/q+1/b5-4-. The molecule has 1 unspecified atom stereocenters. The van der Waals surface area contributed by atoms with Gasteiger partial charge in [-0.15, -0.1) is 0 Å². The Kier molecular flexibility index (Phi) is 4.32. The molecule has 1 saturated heterocycles. The third kappa shape index (κ3) is 3.16. The predicted octanol–water partition coefficient (Wildman–Crippen LogP) is 2.71. The zero-order valence-corrected chi connectivity index (χ0v) is 11.0. The average molecular weight is 231 g/mol. The number of nitrogens with zero attached hydrogens (tertiary/aromatic N) is 2. The molecule has 2 heteroatoms. The Bertz CT molecular complexity index is 384. The van der Waals surface area contributed by atoms with Gasteiger partial charge in [-0.3, -0.25) is 4.90 Å². The van der Waals surface area contributed by atoms with Crippen molar-refractivity contribution in [1.29, 1.82) is 0 Å². The molecule has 2 rings (SSSR count). The van der Waals surface area contributed by atoms with E-state index in [1.165, 1.54) is 24.9 Å². The second-order valence-electron chi connectivity index (χ2n) is 4.85. The molecule has 17 heavy (non-hydrogen) atoms. The van der Waals surface area contributed by atoms with Crippen molar-refractivity contribution < 1.29 is 4.57 Å². The summed E-state index contributed by atoms with van der Waals surface area (Å²) < 4.78 is 2.27. The van der Waals surface area contributed by atoms with Crippen molar-refractivity contribution >= 4 is 0 Å². The van der Waals surface area contributed by atoms with Gasteiger partial charge in [0, 0.05) is 17.7 Å². The van der Waals surface area contributed by atoms with Gasteiger partial charge in [-0.2, -0.15) is 0 Å². The molecule has 0 aliphatic carbocycles. The smallest absolute Gasteiger partial charge is 0.173 e. The summed E-state index contributed by atoms with van der Waals surface area (Å²) in [7, 11) is 2.23. The molecule has 1 aromatic heterocycles. The third-order valence-corrected chi connectivity index (χ3v) is 3.50. The number of rotatable bonds is 4. The summed E-state index contributed by atoms with van der Waals surface area (Å²) in [5.41, 5.74) is 1.46. The van der Waals surface area contributed by atoms with Crippen LogP contribution in [-0.4, -0.2) is 18.5 Å². The zero-order chi connectivity index (χ0) is 12.1. The van der Waals surface area contributed by atoms with Crippen LogP contribution in [0, 0.1) is 0 Å². The normalized spacial score (nSPS) is 21.4. The monoisotopic (exact) mass is 231 g/mol. The molecule has 0 radical (unpaired) electrons. The predicted molar refractivity (Wildman–Crippen MR) is 70.7 cm³/mol. The van der Waals surface area contributed by atoms with Crippen LogP contribution < -0.4 is 4.57 Å². The molecule has 1 aliphatic rings. The summed E-state index contributed by atoms with van der Waals surface area (Å²) in [4.78, 5) is 2.46. The first-order valence-electron chi connectivity index (χ1n) is 6.65. The number of pyridine rings is 1. The maximum absolute atomic E-state index is 2.46. The van der Waals surface area contributed by atoms with Crippen molar-refractivity contribution in [3.8, 4) is 0 Å². The highest BCUT2D eigenvalue weighted by Crippen LogP contribution is 2.29. The van der Waals surface area contributed by atoms with E-state index in [9.17, 15) is 0 Å². The Morgan fingerprint density at radius 2 is 2.35 bits per heavy atom. The Morgan fingerprint density at radius 3 is 3.06 bits per heavy atom. The summed E-state index contributed by atoms with van der Waals surface area (Å²) in [5.74, 6) is 0. The molecule has 0 bridgehead atoms. The van der Waals surface area contributed by atoms with Crippen molar-refractivity contribution in [3.63, 3.8) is 0 Å². The molecular weight excluding hydrogens is 208 g/mol. The molecule has 0 saturated carbocycles. The minimum Gasteiger partial charge on any atom is -0.299 e. The molecule has 2 heterocycles. The molecule has 2 nitrogen and oxygen atoms in total. The van der Waals surface area contributed by atoms with Gasteiger partial charge in [-0.1, -0.05) is 13.0 Å². The quantitative estimate of drug-likeness (QED) is 0.571. The van der Waals surface area contributed by atoms with Gasteiger partial charge in [0.25, 0.3) is 0 Å². The molecule has 92 valence electrons. The minimum absolute atomic E-state index is 0.623. The van der Waals surface area contributed by atoms with Crippen molar-refractivity contribution in [2.45, 2.75) is 38.8 Å².